The van der Waals surface area contributed by atoms with E-state index in [1.807, 2.05) is 115 Å². The average molecular weight is 1610 g/mol. The van der Waals surface area contributed by atoms with Gasteiger partial charge in [0.25, 0.3) is 0 Å². The summed E-state index contributed by atoms with van der Waals surface area (Å²) in [5.41, 5.74) is 3.75. The summed E-state index contributed by atoms with van der Waals surface area (Å²) in [5.74, 6) is -1.49. The van der Waals surface area contributed by atoms with Gasteiger partial charge in [-0.05, 0) is 51.6 Å². The molecule has 12 heterocycles. The van der Waals surface area contributed by atoms with Crippen molar-refractivity contribution in [3.8, 4) is 11.1 Å². The Hall–Kier alpha value is -6.88. The smallest absolute Gasteiger partial charge is 0.465 e. The summed E-state index contributed by atoms with van der Waals surface area (Å²) in [4.78, 5) is 43.7. The van der Waals surface area contributed by atoms with E-state index in [0.717, 1.165) is 6.42 Å². The molecular weight excluding hydrogens is 1490 g/mol. The summed E-state index contributed by atoms with van der Waals surface area (Å²) in [5, 5.41) is 2.62. The summed E-state index contributed by atoms with van der Waals surface area (Å²) in [6.07, 6.45) is 1.03. The highest BCUT2D eigenvalue weighted by molar-refractivity contribution is 7.49. The number of esters is 4. The summed E-state index contributed by atoms with van der Waals surface area (Å²) in [6, 6.07) is 67.3. The van der Waals surface area contributed by atoms with E-state index in [0.29, 0.717) is 5.56 Å². The summed E-state index contributed by atoms with van der Waals surface area (Å²) < 4.78 is 125. The van der Waals surface area contributed by atoms with E-state index in [2.05, 4.69) is 158 Å². The number of rotatable bonds is 12. The van der Waals surface area contributed by atoms with Crippen molar-refractivity contribution < 1.29 is 111 Å². The number of ether oxygens (including phenoxy) is 4. The van der Waals surface area contributed by atoms with Crippen molar-refractivity contribution in [3.05, 3.63) is 217 Å². The Bertz CT molecular complexity index is 3470. The molecule has 19 rings (SSSR count). The van der Waals surface area contributed by atoms with Crippen LogP contribution in [0, 0.1) is 21.7 Å². The van der Waals surface area contributed by atoms with Gasteiger partial charge in [0.15, 0.2) is 0 Å². The number of carbonyl (C=O) groups excluding carboxylic acids is 4. The molecule has 0 amide bonds. The second-order valence-electron chi connectivity index (χ2n) is 23.6. The minimum atomic E-state index is -3.32. The molecule has 12 fully saturated rings. The third-order valence-electron chi connectivity index (χ3n) is 15.2. The van der Waals surface area contributed by atoms with Gasteiger partial charge >= 0.3 is 55.2 Å². The molecule has 28 heteroatoms. The number of carbonyl (C=O) groups is 4. The van der Waals surface area contributed by atoms with Gasteiger partial charge in [0.05, 0.1) is 107 Å². The third kappa shape index (κ3) is 34.6. The van der Waals surface area contributed by atoms with Gasteiger partial charge in [0, 0.05) is 20.8 Å². The van der Waals surface area contributed by atoms with Gasteiger partial charge in [-0.3, -0.25) is 68.7 Å². The van der Waals surface area contributed by atoms with Gasteiger partial charge in [0.1, 0.15) is 26.4 Å². The molecule has 610 valence electrons. The number of hydrogen-bond acceptors (Lipinski definition) is 24. The van der Waals surface area contributed by atoms with Gasteiger partial charge in [-0.2, -0.15) is 0 Å². The van der Waals surface area contributed by atoms with Crippen molar-refractivity contribution in [3.63, 3.8) is 0 Å². The topological polar surface area (TPSA) is 284 Å². The molecule has 0 unspecified atom stereocenters. The predicted octanol–water partition coefficient (Wildman–Crippen LogP) is 20.8. The van der Waals surface area contributed by atoms with Crippen molar-refractivity contribution in [2.75, 3.05) is 106 Å². The molecular formula is C82H118O24P4. The lowest BCUT2D eigenvalue weighted by Gasteiger charge is -2.43. The van der Waals surface area contributed by atoms with Crippen molar-refractivity contribution >= 4 is 65.9 Å². The lowest BCUT2D eigenvalue weighted by atomic mass is 9.92. The summed E-state index contributed by atoms with van der Waals surface area (Å²) in [7, 11) is -13.1. The molecule has 0 N–H and O–H groups in total. The van der Waals surface area contributed by atoms with E-state index < -0.39 is 58.9 Å². The molecule has 24 nitrogen and oxygen atoms in total. The Morgan fingerprint density at radius 1 is 0.273 bits per heavy atom. The predicted molar refractivity (Wildman–Crippen MR) is 429 cm³/mol. The molecule has 7 aromatic carbocycles. The summed E-state index contributed by atoms with van der Waals surface area (Å²) in [6.45, 7) is 35.5. The van der Waals surface area contributed by atoms with Crippen LogP contribution in [0.1, 0.15) is 139 Å². The fraction of sp³-hybridized carbons (Fsp3) is 0.463. The zero-order valence-corrected chi connectivity index (χ0v) is 70.7. The Morgan fingerprint density at radius 3 is 0.664 bits per heavy atom. The van der Waals surface area contributed by atoms with Crippen LogP contribution in [0.25, 0.3) is 21.9 Å². The van der Waals surface area contributed by atoms with Crippen LogP contribution < -0.4 is 0 Å². The van der Waals surface area contributed by atoms with E-state index in [9.17, 15) is 37.4 Å². The number of fused-ring (bicyclic) bond motifs is 13. The van der Waals surface area contributed by atoms with Gasteiger partial charge in [-0.15, -0.1) is 0 Å². The number of hydrogen-bond donors (Lipinski definition) is 0. The first-order valence-electron chi connectivity index (χ1n) is 37.5. The van der Waals surface area contributed by atoms with Crippen molar-refractivity contribution in [1.29, 1.82) is 0 Å². The first-order valence-corrected chi connectivity index (χ1v) is 43.3. The first-order chi connectivity index (χ1) is 53.1. The lowest BCUT2D eigenvalue weighted by Crippen LogP contribution is -2.48. The monoisotopic (exact) mass is 1610 g/mol. The Labute approximate surface area is 652 Å². The fourth-order valence-corrected chi connectivity index (χ4v) is 15.6. The molecule has 0 aromatic heterocycles. The van der Waals surface area contributed by atoms with Crippen LogP contribution >= 0.6 is 31.3 Å². The van der Waals surface area contributed by atoms with Gasteiger partial charge in [-0.1, -0.05) is 285 Å². The zero-order chi connectivity index (χ0) is 82.0. The highest BCUT2D eigenvalue weighted by Crippen LogP contribution is 2.62. The fourth-order valence-electron chi connectivity index (χ4n) is 9.50. The van der Waals surface area contributed by atoms with Crippen molar-refractivity contribution in [1.82, 2.24) is 0 Å². The second kappa shape index (κ2) is 53.2. The van der Waals surface area contributed by atoms with Crippen LogP contribution in [-0.4, -0.2) is 130 Å². The molecule has 0 radical (unpaired) electrons. The first kappa shape index (κ1) is 99.2. The quantitative estimate of drug-likeness (QED) is 0.0624. The molecule has 0 aliphatic carbocycles. The van der Waals surface area contributed by atoms with E-state index in [1.165, 1.54) is 53.8 Å². The minimum absolute atomic E-state index is 0.112. The Balaban J connectivity index is 0.000000426. The lowest BCUT2D eigenvalue weighted by molar-refractivity contribution is -0.158. The van der Waals surface area contributed by atoms with Crippen LogP contribution in [0.4, 0.5) is 0 Å². The van der Waals surface area contributed by atoms with E-state index in [1.54, 1.807) is 24.3 Å². The van der Waals surface area contributed by atoms with Crippen molar-refractivity contribution in [2.24, 2.45) is 21.7 Å². The molecule has 0 spiro atoms. The number of phosphoric acid groups is 4. The molecule has 8 bridgehead atoms. The van der Waals surface area contributed by atoms with Crippen LogP contribution in [0.2, 0.25) is 0 Å². The van der Waals surface area contributed by atoms with Crippen LogP contribution in [0.5, 0.6) is 0 Å². The van der Waals surface area contributed by atoms with Gasteiger partial charge < -0.3 is 18.9 Å². The van der Waals surface area contributed by atoms with E-state index >= 15 is 0 Å². The summed E-state index contributed by atoms with van der Waals surface area (Å²) >= 11 is 0. The molecule has 0 atom stereocenters. The third-order valence-corrected chi connectivity index (χ3v) is 20.6. The Kier molecular flexibility index (Phi) is 48.0. The normalized spacial score (nSPS) is 24.8. The van der Waals surface area contributed by atoms with Gasteiger partial charge in [0.2, 0.25) is 0 Å². The maximum Gasteiger partial charge on any atom is 0.474 e. The van der Waals surface area contributed by atoms with Crippen LogP contribution in [-0.2, 0) is 112 Å². The number of benzene rings is 7. The molecule has 12 aliphatic rings. The minimum Gasteiger partial charge on any atom is -0.465 e. The van der Waals surface area contributed by atoms with E-state index in [4.69, 9.17) is 73.2 Å². The Morgan fingerprint density at radius 2 is 0.455 bits per heavy atom. The van der Waals surface area contributed by atoms with Crippen molar-refractivity contribution in [2.45, 2.75) is 124 Å². The maximum absolute atomic E-state index is 11.8. The largest absolute Gasteiger partial charge is 0.474 e. The molecule has 12 saturated heterocycles. The molecule has 0 saturated carbocycles. The molecule has 12 aliphatic heterocycles. The maximum atomic E-state index is 11.8. The standard InChI is InChI=1S/C13H12.C12H13O6P.C12H10.C10H8.3C7H11O6P.7C2H6/c1-3-7-12(8-4-1)11-13-9-5-2-6-10-13;13-11(10-4-2-1-3-5-10)15-6-12-7-16-19(14,17-8-12)18-9-12;1-3-7-11(8-4-1)12-9-5-2-6-10-12;1-2-6-10-8-4-3-7-9(10)5-1;3*1-6(8)10-2-7-3-11-14(9,12-4-7)13-5-7;7*1-2/h1-10H,11H2;1-5H,6-9H2;1-10H;1-8H;3*2-5H2,1H3;7*1-2H3. The highest BCUT2D eigenvalue weighted by atomic mass is 31.2. The second-order valence-corrected chi connectivity index (χ2v) is 30.3. The van der Waals surface area contributed by atoms with Crippen LogP contribution in [0.15, 0.2) is 200 Å². The van der Waals surface area contributed by atoms with Gasteiger partial charge in [-0.25, -0.2) is 23.1 Å². The zero-order valence-electron chi connectivity index (χ0n) is 67.2. The molecule has 110 heavy (non-hydrogen) atoms. The average Bonchev–Trinajstić information content (AvgIpc) is 0.793. The SMILES string of the molecule is CC.CC.CC.CC.CC.CC.CC.CC(=O)OCC12COP(=O)(OC1)OC2.CC(=O)OCC12COP(=O)(OC1)OC2.CC(=O)OCC12COP(=O)(OC1)OC2.O=C(OCC12COP(=O)(OC1)OC2)c1ccccc1.c1ccc(-c2ccccc2)cc1.c1ccc(Cc2ccccc2)cc1.c1ccc2ccccc2c1. The highest BCUT2D eigenvalue weighted by Gasteiger charge is 2.54. The van der Waals surface area contributed by atoms with E-state index in [-0.39, 0.29) is 124 Å². The number of phosphoric ester groups is 4. The van der Waals surface area contributed by atoms with Crippen LogP contribution in [0.3, 0.4) is 0 Å². The molecule has 7 aromatic rings.